The Balaban J connectivity index is 1.89. The first-order chi connectivity index (χ1) is 10.5. The van der Waals surface area contributed by atoms with E-state index < -0.39 is 0 Å². The second kappa shape index (κ2) is 7.94. The molecule has 0 bridgehead atoms. The molecular weight excluding hydrogens is 342 g/mol. The maximum atomic E-state index is 12.0. The lowest BCUT2D eigenvalue weighted by Crippen LogP contribution is -2.15. The maximum Gasteiger partial charge on any atom is 0.228 e. The van der Waals surface area contributed by atoms with E-state index in [0.29, 0.717) is 18.0 Å². The quantitative estimate of drug-likeness (QED) is 0.814. The number of hydrogen-bond donors (Lipinski definition) is 2. The van der Waals surface area contributed by atoms with Crippen molar-refractivity contribution in [2.24, 2.45) is 5.92 Å². The molecule has 1 heterocycles. The zero-order valence-corrected chi connectivity index (χ0v) is 14.4. The number of hydrogen-bond acceptors (Lipinski definition) is 3. The Morgan fingerprint density at radius 2 is 2.09 bits per heavy atom. The summed E-state index contributed by atoms with van der Waals surface area (Å²) < 4.78 is 0.972. The number of benzene rings is 1. The number of amides is 1. The number of anilines is 2. The van der Waals surface area contributed by atoms with Crippen LogP contribution >= 0.6 is 15.9 Å². The third-order valence-corrected chi connectivity index (χ3v) is 3.49. The predicted molar refractivity (Wildman–Crippen MR) is 94.0 cm³/mol. The van der Waals surface area contributed by atoms with Crippen LogP contribution in [0.15, 0.2) is 47.1 Å². The number of nitrogens with zero attached hydrogens (tertiary/aromatic N) is 1. The molecule has 0 aliphatic carbocycles. The first-order valence-electron chi connectivity index (χ1n) is 7.27. The highest BCUT2D eigenvalue weighted by atomic mass is 79.9. The van der Waals surface area contributed by atoms with Crippen molar-refractivity contribution in [1.82, 2.24) is 4.98 Å². The molecular formula is C17H20BrN3O. The molecule has 0 radical (unpaired) electrons. The molecule has 5 heteroatoms. The van der Waals surface area contributed by atoms with E-state index in [2.05, 4.69) is 45.4 Å². The lowest BCUT2D eigenvalue weighted by Gasteiger charge is -2.09. The summed E-state index contributed by atoms with van der Waals surface area (Å²) in [4.78, 5) is 16.3. The molecule has 2 aromatic rings. The van der Waals surface area contributed by atoms with Gasteiger partial charge in [-0.25, -0.2) is 4.98 Å². The summed E-state index contributed by atoms with van der Waals surface area (Å²) in [6.07, 6.45) is 2.01. The zero-order chi connectivity index (χ0) is 15.9. The minimum atomic E-state index is -0.0530. The van der Waals surface area contributed by atoms with Gasteiger partial charge in [-0.05, 0) is 35.7 Å². The van der Waals surface area contributed by atoms with Gasteiger partial charge < -0.3 is 10.6 Å². The van der Waals surface area contributed by atoms with Crippen molar-refractivity contribution in [2.45, 2.75) is 20.3 Å². The molecule has 0 saturated carbocycles. The molecule has 1 amide bonds. The van der Waals surface area contributed by atoms with Crippen LogP contribution in [0.1, 0.15) is 19.4 Å². The lowest BCUT2D eigenvalue weighted by atomic mass is 10.1. The van der Waals surface area contributed by atoms with Crippen molar-refractivity contribution in [3.63, 3.8) is 0 Å². The number of rotatable bonds is 6. The SMILES string of the molecule is CC(C)CNc1ccc(NC(=O)Cc2cccc(Br)c2)cn1. The van der Waals surface area contributed by atoms with E-state index >= 15 is 0 Å². The van der Waals surface area contributed by atoms with Gasteiger partial charge in [0, 0.05) is 11.0 Å². The molecule has 2 rings (SSSR count). The summed E-state index contributed by atoms with van der Waals surface area (Å²) in [6.45, 7) is 5.16. The Hall–Kier alpha value is -1.88. The molecule has 0 atom stereocenters. The summed E-state index contributed by atoms with van der Waals surface area (Å²) in [5.74, 6) is 1.33. The molecule has 0 unspecified atom stereocenters. The molecule has 1 aromatic heterocycles. The fourth-order valence-corrected chi connectivity index (χ4v) is 2.37. The van der Waals surface area contributed by atoms with Gasteiger partial charge in [-0.1, -0.05) is 41.9 Å². The monoisotopic (exact) mass is 361 g/mol. The zero-order valence-electron chi connectivity index (χ0n) is 12.8. The highest BCUT2D eigenvalue weighted by Gasteiger charge is 2.05. The van der Waals surface area contributed by atoms with Gasteiger partial charge in [0.05, 0.1) is 18.3 Å². The van der Waals surface area contributed by atoms with Crippen LogP contribution in [0.5, 0.6) is 0 Å². The van der Waals surface area contributed by atoms with Crippen LogP contribution in [0.2, 0.25) is 0 Å². The van der Waals surface area contributed by atoms with Crippen molar-refractivity contribution in [2.75, 3.05) is 17.2 Å². The largest absolute Gasteiger partial charge is 0.370 e. The number of carbonyl (C=O) groups is 1. The second-order valence-electron chi connectivity index (χ2n) is 5.56. The van der Waals surface area contributed by atoms with Gasteiger partial charge in [-0.2, -0.15) is 0 Å². The fraction of sp³-hybridized carbons (Fsp3) is 0.294. The van der Waals surface area contributed by atoms with Gasteiger partial charge in [-0.15, -0.1) is 0 Å². The van der Waals surface area contributed by atoms with E-state index in [9.17, 15) is 4.79 Å². The third kappa shape index (κ3) is 5.48. The smallest absolute Gasteiger partial charge is 0.228 e. The van der Waals surface area contributed by atoms with E-state index in [4.69, 9.17) is 0 Å². The van der Waals surface area contributed by atoms with Crippen molar-refractivity contribution < 1.29 is 4.79 Å². The number of carbonyl (C=O) groups excluding carboxylic acids is 1. The predicted octanol–water partition coefficient (Wildman–Crippen LogP) is 4.09. The van der Waals surface area contributed by atoms with E-state index in [1.165, 1.54) is 0 Å². The van der Waals surface area contributed by atoms with Crippen molar-refractivity contribution in [3.8, 4) is 0 Å². The Morgan fingerprint density at radius 3 is 2.73 bits per heavy atom. The summed E-state index contributed by atoms with van der Waals surface area (Å²) in [7, 11) is 0. The average Bonchev–Trinajstić information content (AvgIpc) is 2.46. The average molecular weight is 362 g/mol. The summed E-state index contributed by atoms with van der Waals surface area (Å²) >= 11 is 3.40. The van der Waals surface area contributed by atoms with Crippen LogP contribution in [0.25, 0.3) is 0 Å². The van der Waals surface area contributed by atoms with Gasteiger partial charge in [0.25, 0.3) is 0 Å². The van der Waals surface area contributed by atoms with Gasteiger partial charge in [0.1, 0.15) is 5.82 Å². The molecule has 1 aromatic carbocycles. The number of halogens is 1. The lowest BCUT2D eigenvalue weighted by molar-refractivity contribution is -0.115. The van der Waals surface area contributed by atoms with Gasteiger partial charge in [0.15, 0.2) is 0 Å². The minimum absolute atomic E-state index is 0.0530. The standard InChI is InChI=1S/C17H20BrN3O/c1-12(2)10-19-16-7-6-15(11-20-16)21-17(22)9-13-4-3-5-14(18)8-13/h3-8,11-12H,9-10H2,1-2H3,(H,19,20)(H,21,22). The van der Waals surface area contributed by atoms with Crippen LogP contribution in [0.4, 0.5) is 11.5 Å². The molecule has 0 aliphatic heterocycles. The van der Waals surface area contributed by atoms with E-state index in [0.717, 1.165) is 22.4 Å². The van der Waals surface area contributed by atoms with Crippen molar-refractivity contribution >= 4 is 33.3 Å². The minimum Gasteiger partial charge on any atom is -0.370 e. The number of pyridine rings is 1. The summed E-state index contributed by atoms with van der Waals surface area (Å²) in [6, 6.07) is 11.5. The highest BCUT2D eigenvalue weighted by Crippen LogP contribution is 2.14. The molecule has 22 heavy (non-hydrogen) atoms. The van der Waals surface area contributed by atoms with Crippen LogP contribution < -0.4 is 10.6 Å². The Bertz CT molecular complexity index is 626. The molecule has 0 spiro atoms. The van der Waals surface area contributed by atoms with Crippen LogP contribution in [0, 0.1) is 5.92 Å². The van der Waals surface area contributed by atoms with E-state index in [1.807, 2.05) is 36.4 Å². The molecule has 4 nitrogen and oxygen atoms in total. The molecule has 0 fully saturated rings. The Labute approximate surface area is 139 Å². The van der Waals surface area contributed by atoms with Crippen LogP contribution in [0.3, 0.4) is 0 Å². The van der Waals surface area contributed by atoms with Crippen molar-refractivity contribution in [1.29, 1.82) is 0 Å². The first-order valence-corrected chi connectivity index (χ1v) is 8.06. The Kier molecular flexibility index (Phi) is 5.95. The van der Waals surface area contributed by atoms with Crippen LogP contribution in [-0.4, -0.2) is 17.4 Å². The molecule has 0 saturated heterocycles. The van der Waals surface area contributed by atoms with Gasteiger partial charge in [-0.3, -0.25) is 4.79 Å². The third-order valence-electron chi connectivity index (χ3n) is 2.99. The van der Waals surface area contributed by atoms with E-state index in [-0.39, 0.29) is 5.91 Å². The normalized spacial score (nSPS) is 10.5. The fourth-order valence-electron chi connectivity index (χ4n) is 1.92. The summed E-state index contributed by atoms with van der Waals surface area (Å²) in [5.41, 5.74) is 1.67. The van der Waals surface area contributed by atoms with Crippen molar-refractivity contribution in [3.05, 3.63) is 52.6 Å². The first kappa shape index (κ1) is 16.5. The highest BCUT2D eigenvalue weighted by molar-refractivity contribution is 9.10. The topological polar surface area (TPSA) is 54.0 Å². The maximum absolute atomic E-state index is 12.0. The summed E-state index contributed by atoms with van der Waals surface area (Å²) in [5, 5.41) is 6.10. The molecule has 2 N–H and O–H groups in total. The number of aromatic nitrogens is 1. The van der Waals surface area contributed by atoms with Crippen LogP contribution in [-0.2, 0) is 11.2 Å². The number of nitrogens with one attached hydrogen (secondary N) is 2. The van der Waals surface area contributed by atoms with Gasteiger partial charge in [0.2, 0.25) is 5.91 Å². The second-order valence-corrected chi connectivity index (χ2v) is 6.48. The van der Waals surface area contributed by atoms with E-state index in [1.54, 1.807) is 6.20 Å². The molecule has 0 aliphatic rings. The molecule has 116 valence electrons. The van der Waals surface area contributed by atoms with Gasteiger partial charge >= 0.3 is 0 Å². The Morgan fingerprint density at radius 1 is 1.27 bits per heavy atom.